The maximum atomic E-state index is 6.19. The lowest BCUT2D eigenvalue weighted by atomic mass is 10.0. The quantitative estimate of drug-likeness (QED) is 0.581. The Labute approximate surface area is 119 Å². The van der Waals surface area contributed by atoms with Gasteiger partial charge in [0.1, 0.15) is 0 Å². The van der Waals surface area contributed by atoms with Gasteiger partial charge in [-0.15, -0.1) is 0 Å². The largest absolute Gasteiger partial charge is 0.0843 e. The van der Waals surface area contributed by atoms with Crippen LogP contribution in [0, 0.1) is 10.5 Å². The monoisotopic (exact) mass is 362 g/mol. The number of aryl methyl sites for hydroxylation is 1. The summed E-state index contributed by atoms with van der Waals surface area (Å²) in [5.41, 5.74) is 3.40. The SMILES string of the molecule is Cc1cc(I)ccc1-c1ccc(Cl)cc1Cl. The highest BCUT2D eigenvalue weighted by molar-refractivity contribution is 14.1. The van der Waals surface area contributed by atoms with E-state index in [1.54, 1.807) is 6.07 Å². The molecule has 0 heterocycles. The van der Waals surface area contributed by atoms with Crippen LogP contribution in [0.25, 0.3) is 11.1 Å². The molecule has 0 aliphatic carbocycles. The highest BCUT2D eigenvalue weighted by Crippen LogP contribution is 2.32. The Morgan fingerprint density at radius 1 is 0.938 bits per heavy atom. The number of halogens is 3. The van der Waals surface area contributed by atoms with E-state index in [1.807, 2.05) is 12.1 Å². The first-order valence-corrected chi connectivity index (χ1v) is 6.63. The van der Waals surface area contributed by atoms with Gasteiger partial charge in [0.2, 0.25) is 0 Å². The summed E-state index contributed by atoms with van der Waals surface area (Å²) >= 11 is 14.4. The molecule has 0 aliphatic heterocycles. The van der Waals surface area contributed by atoms with Crippen molar-refractivity contribution in [2.24, 2.45) is 0 Å². The van der Waals surface area contributed by atoms with Crippen LogP contribution in [0.2, 0.25) is 10.0 Å². The molecular weight excluding hydrogens is 354 g/mol. The van der Waals surface area contributed by atoms with Crippen LogP contribution in [0.1, 0.15) is 5.56 Å². The third kappa shape index (κ3) is 2.53. The minimum absolute atomic E-state index is 0.664. The molecule has 0 aliphatic rings. The molecular formula is C13H9Cl2I. The van der Waals surface area contributed by atoms with Gasteiger partial charge in [-0.25, -0.2) is 0 Å². The number of rotatable bonds is 1. The van der Waals surface area contributed by atoms with Gasteiger partial charge >= 0.3 is 0 Å². The third-order valence-corrected chi connectivity index (χ3v) is 3.63. The molecule has 2 rings (SSSR count). The van der Waals surface area contributed by atoms with Crippen molar-refractivity contribution in [3.05, 3.63) is 55.6 Å². The molecule has 0 spiro atoms. The maximum absolute atomic E-state index is 6.19. The van der Waals surface area contributed by atoms with E-state index in [-0.39, 0.29) is 0 Å². The van der Waals surface area contributed by atoms with Crippen LogP contribution in [-0.4, -0.2) is 0 Å². The molecule has 0 nitrogen and oxygen atoms in total. The van der Waals surface area contributed by atoms with Gasteiger partial charge in [-0.1, -0.05) is 35.3 Å². The fraction of sp³-hybridized carbons (Fsp3) is 0.0769. The Morgan fingerprint density at radius 2 is 1.62 bits per heavy atom. The van der Waals surface area contributed by atoms with Crippen molar-refractivity contribution in [2.75, 3.05) is 0 Å². The fourth-order valence-corrected chi connectivity index (χ4v) is 2.79. The molecule has 0 N–H and O–H groups in total. The minimum atomic E-state index is 0.664. The Kier molecular flexibility index (Phi) is 3.77. The molecule has 0 bridgehead atoms. The van der Waals surface area contributed by atoms with Crippen LogP contribution in [-0.2, 0) is 0 Å². The number of benzene rings is 2. The van der Waals surface area contributed by atoms with Crippen LogP contribution >= 0.6 is 45.8 Å². The summed E-state index contributed by atoms with van der Waals surface area (Å²) in [6, 6.07) is 11.9. The summed E-state index contributed by atoms with van der Waals surface area (Å²) in [4.78, 5) is 0. The van der Waals surface area contributed by atoms with Crippen LogP contribution in [0.15, 0.2) is 36.4 Å². The minimum Gasteiger partial charge on any atom is -0.0843 e. The van der Waals surface area contributed by atoms with Crippen molar-refractivity contribution in [3.8, 4) is 11.1 Å². The van der Waals surface area contributed by atoms with Crippen molar-refractivity contribution >= 4 is 45.8 Å². The normalized spacial score (nSPS) is 10.5. The molecule has 0 radical (unpaired) electrons. The zero-order chi connectivity index (χ0) is 11.7. The van der Waals surface area contributed by atoms with Gasteiger partial charge in [-0.05, 0) is 64.9 Å². The van der Waals surface area contributed by atoms with Crippen molar-refractivity contribution in [1.82, 2.24) is 0 Å². The molecule has 0 saturated heterocycles. The topological polar surface area (TPSA) is 0 Å². The maximum Gasteiger partial charge on any atom is 0.0499 e. The number of hydrogen-bond donors (Lipinski definition) is 0. The molecule has 2 aromatic rings. The lowest BCUT2D eigenvalue weighted by Gasteiger charge is -2.08. The Morgan fingerprint density at radius 3 is 2.25 bits per heavy atom. The predicted octanol–water partition coefficient (Wildman–Crippen LogP) is 5.57. The van der Waals surface area contributed by atoms with Crippen LogP contribution < -0.4 is 0 Å². The standard InChI is InChI=1S/C13H9Cl2I/c1-8-6-10(16)3-5-11(8)12-4-2-9(14)7-13(12)15/h2-7H,1H3. The third-order valence-electron chi connectivity index (χ3n) is 2.41. The molecule has 0 aromatic heterocycles. The summed E-state index contributed by atoms with van der Waals surface area (Å²) in [6.07, 6.45) is 0. The van der Waals surface area contributed by atoms with E-state index >= 15 is 0 Å². The van der Waals surface area contributed by atoms with Gasteiger partial charge in [0.25, 0.3) is 0 Å². The van der Waals surface area contributed by atoms with Gasteiger partial charge < -0.3 is 0 Å². The van der Waals surface area contributed by atoms with Crippen molar-refractivity contribution in [3.63, 3.8) is 0 Å². The van der Waals surface area contributed by atoms with Crippen molar-refractivity contribution in [2.45, 2.75) is 6.92 Å². The van der Waals surface area contributed by atoms with Gasteiger partial charge in [0.05, 0.1) is 0 Å². The molecule has 0 fully saturated rings. The molecule has 0 atom stereocenters. The Hall–Kier alpha value is -0.250. The first kappa shape index (κ1) is 12.2. The highest BCUT2D eigenvalue weighted by atomic mass is 127. The summed E-state index contributed by atoms with van der Waals surface area (Å²) < 4.78 is 1.23. The first-order valence-electron chi connectivity index (χ1n) is 4.79. The average Bonchev–Trinajstić information content (AvgIpc) is 2.19. The highest BCUT2D eigenvalue weighted by Gasteiger charge is 2.07. The summed E-state index contributed by atoms with van der Waals surface area (Å²) in [5.74, 6) is 0. The van der Waals surface area contributed by atoms with E-state index < -0.39 is 0 Å². The van der Waals surface area contributed by atoms with Gasteiger partial charge in [-0.2, -0.15) is 0 Å². The Bertz CT molecular complexity index is 486. The van der Waals surface area contributed by atoms with E-state index in [0.29, 0.717) is 10.0 Å². The van der Waals surface area contributed by atoms with E-state index in [9.17, 15) is 0 Å². The molecule has 0 unspecified atom stereocenters. The molecule has 0 saturated carbocycles. The van der Waals surface area contributed by atoms with E-state index in [2.05, 4.69) is 47.7 Å². The molecule has 0 amide bonds. The molecule has 2 aromatic carbocycles. The first-order chi connectivity index (χ1) is 7.58. The molecule has 3 heteroatoms. The second kappa shape index (κ2) is 4.94. The Balaban J connectivity index is 2.59. The van der Waals surface area contributed by atoms with E-state index in [4.69, 9.17) is 23.2 Å². The van der Waals surface area contributed by atoms with E-state index in [1.165, 1.54) is 9.13 Å². The van der Waals surface area contributed by atoms with Crippen LogP contribution in [0.3, 0.4) is 0 Å². The van der Waals surface area contributed by atoms with Crippen LogP contribution in [0.4, 0.5) is 0 Å². The van der Waals surface area contributed by atoms with Gasteiger partial charge in [-0.3, -0.25) is 0 Å². The lowest BCUT2D eigenvalue weighted by Crippen LogP contribution is -1.85. The van der Waals surface area contributed by atoms with Crippen molar-refractivity contribution in [1.29, 1.82) is 0 Å². The van der Waals surface area contributed by atoms with E-state index in [0.717, 1.165) is 11.1 Å². The fourth-order valence-electron chi connectivity index (χ4n) is 1.64. The summed E-state index contributed by atoms with van der Waals surface area (Å²) in [6.45, 7) is 2.09. The zero-order valence-electron chi connectivity index (χ0n) is 8.60. The zero-order valence-corrected chi connectivity index (χ0v) is 12.3. The molecule has 82 valence electrons. The summed E-state index contributed by atoms with van der Waals surface area (Å²) in [5, 5.41) is 1.36. The second-order valence-corrected chi connectivity index (χ2v) is 5.67. The lowest BCUT2D eigenvalue weighted by molar-refractivity contribution is 1.44. The molecule has 16 heavy (non-hydrogen) atoms. The summed E-state index contributed by atoms with van der Waals surface area (Å²) in [7, 11) is 0. The van der Waals surface area contributed by atoms with Gasteiger partial charge in [0.15, 0.2) is 0 Å². The van der Waals surface area contributed by atoms with Crippen molar-refractivity contribution < 1.29 is 0 Å². The van der Waals surface area contributed by atoms with Crippen LogP contribution in [0.5, 0.6) is 0 Å². The van der Waals surface area contributed by atoms with Gasteiger partial charge in [0, 0.05) is 19.2 Å². The predicted molar refractivity (Wildman–Crippen MR) is 79.4 cm³/mol. The average molecular weight is 363 g/mol. The number of hydrogen-bond acceptors (Lipinski definition) is 0. The second-order valence-electron chi connectivity index (χ2n) is 3.58. The smallest absolute Gasteiger partial charge is 0.0499 e.